The number of aromatic nitrogens is 1. The van der Waals surface area contributed by atoms with Gasteiger partial charge in [-0.05, 0) is 43.4 Å². The maximum atomic E-state index is 13.0. The number of rotatable bonds is 4. The number of piperazine rings is 1. The van der Waals surface area contributed by atoms with Crippen LogP contribution < -0.4 is 15.4 Å². The molecule has 0 spiro atoms. The van der Waals surface area contributed by atoms with Crippen LogP contribution in [-0.2, 0) is 10.0 Å². The molecule has 30 heavy (non-hydrogen) atoms. The van der Waals surface area contributed by atoms with Crippen LogP contribution in [0.4, 0.5) is 16.3 Å². The number of pyridine rings is 1. The first-order valence-corrected chi connectivity index (χ1v) is 11.5. The Balaban J connectivity index is 1.69. The summed E-state index contributed by atoms with van der Waals surface area (Å²) in [4.78, 5) is 22.1. The largest absolute Gasteiger partial charge is 0.384 e. The Labute approximate surface area is 176 Å². The van der Waals surface area contributed by atoms with Crippen molar-refractivity contribution in [1.82, 2.24) is 19.5 Å². The van der Waals surface area contributed by atoms with Crippen molar-refractivity contribution in [3.8, 4) is 0 Å². The first-order chi connectivity index (χ1) is 14.1. The molecule has 2 fully saturated rings. The van der Waals surface area contributed by atoms with Crippen molar-refractivity contribution in [2.45, 2.75) is 30.2 Å². The zero-order valence-electron chi connectivity index (χ0n) is 17.6. The first kappa shape index (κ1) is 20.7. The third-order valence-corrected chi connectivity index (χ3v) is 7.39. The number of amides is 2. The molecule has 2 heterocycles. The number of carbonyl (C=O) groups is 1. The van der Waals surface area contributed by atoms with E-state index in [-0.39, 0.29) is 16.5 Å². The predicted octanol–water partition coefficient (Wildman–Crippen LogP) is 1.45. The van der Waals surface area contributed by atoms with E-state index in [4.69, 9.17) is 5.73 Å². The van der Waals surface area contributed by atoms with Gasteiger partial charge in [0.05, 0.1) is 4.90 Å². The number of anilines is 2. The number of nitrogens with one attached hydrogen (secondary N) is 1. The Hall–Kier alpha value is -2.59. The minimum atomic E-state index is -3.67. The van der Waals surface area contributed by atoms with Crippen LogP contribution >= 0.6 is 0 Å². The quantitative estimate of drug-likeness (QED) is 0.756. The lowest BCUT2D eigenvalue weighted by molar-refractivity contribution is 0.168. The van der Waals surface area contributed by atoms with Gasteiger partial charge in [0.25, 0.3) is 0 Å². The maximum Gasteiger partial charge on any atom is 0.319 e. The molecule has 10 heteroatoms. The molecule has 1 aliphatic carbocycles. The second kappa shape index (κ2) is 7.28. The number of nitrogens with two attached hydrogens (primary N) is 1. The van der Waals surface area contributed by atoms with E-state index >= 15 is 0 Å². The Kier molecular flexibility index (Phi) is 5.01. The van der Waals surface area contributed by atoms with Crippen LogP contribution in [0.25, 0.3) is 10.8 Å². The highest BCUT2D eigenvalue weighted by molar-refractivity contribution is 7.89. The van der Waals surface area contributed by atoms with Crippen molar-refractivity contribution in [2.24, 2.45) is 0 Å². The van der Waals surface area contributed by atoms with Crippen LogP contribution in [0.15, 0.2) is 29.3 Å². The van der Waals surface area contributed by atoms with Gasteiger partial charge >= 0.3 is 6.03 Å². The molecule has 162 valence electrons. The number of benzene rings is 1. The van der Waals surface area contributed by atoms with Gasteiger partial charge in [0.1, 0.15) is 5.82 Å². The standard InChI is InChI=1S/C20H28N6O3S/c1-20(4-5-20)23-30(28,29)15-10-14-11-18(21)22-13-16(14)17(12-15)25-6-8-26(9-7-25)19(27)24(2)3/h10-13,23H,4-9H2,1-3H3,(H2,21,22). The molecular formula is C20H28N6O3S. The number of hydrogen-bond donors (Lipinski definition) is 2. The molecule has 2 aromatic rings. The van der Waals surface area contributed by atoms with Crippen LogP contribution in [0.1, 0.15) is 19.8 Å². The lowest BCUT2D eigenvalue weighted by Crippen LogP contribution is -2.51. The third kappa shape index (κ3) is 4.01. The van der Waals surface area contributed by atoms with Crippen LogP contribution in [0, 0.1) is 0 Å². The Morgan fingerprint density at radius 2 is 1.83 bits per heavy atom. The lowest BCUT2D eigenvalue weighted by atomic mass is 10.1. The van der Waals surface area contributed by atoms with E-state index < -0.39 is 10.0 Å². The van der Waals surface area contributed by atoms with Crippen LogP contribution in [0.3, 0.4) is 0 Å². The topological polar surface area (TPSA) is 112 Å². The molecule has 4 rings (SSSR count). The summed E-state index contributed by atoms with van der Waals surface area (Å²) in [5.41, 5.74) is 6.30. The summed E-state index contributed by atoms with van der Waals surface area (Å²) in [5.74, 6) is 0.339. The van der Waals surface area contributed by atoms with Crippen LogP contribution in [0.5, 0.6) is 0 Å². The fourth-order valence-electron chi connectivity index (χ4n) is 3.74. The fourth-order valence-corrected chi connectivity index (χ4v) is 5.26. The molecule has 1 saturated carbocycles. The summed E-state index contributed by atoms with van der Waals surface area (Å²) < 4.78 is 28.9. The van der Waals surface area contributed by atoms with Gasteiger partial charge < -0.3 is 20.4 Å². The Morgan fingerprint density at radius 1 is 1.17 bits per heavy atom. The van der Waals surface area contributed by atoms with E-state index in [1.807, 2.05) is 6.92 Å². The third-order valence-electron chi connectivity index (χ3n) is 5.77. The van der Waals surface area contributed by atoms with Crippen molar-refractivity contribution in [3.63, 3.8) is 0 Å². The highest BCUT2D eigenvalue weighted by Crippen LogP contribution is 2.37. The molecule has 1 aromatic heterocycles. The molecule has 1 saturated heterocycles. The summed E-state index contributed by atoms with van der Waals surface area (Å²) in [6, 6.07) is 5.03. The van der Waals surface area contributed by atoms with E-state index in [0.717, 1.165) is 29.3 Å². The molecule has 1 aromatic carbocycles. The first-order valence-electron chi connectivity index (χ1n) is 10.0. The van der Waals surface area contributed by atoms with Gasteiger partial charge in [0.15, 0.2) is 0 Å². The average Bonchev–Trinajstić information content (AvgIpc) is 3.42. The molecule has 2 amide bonds. The molecule has 9 nitrogen and oxygen atoms in total. The van der Waals surface area contributed by atoms with Crippen molar-refractivity contribution in [2.75, 3.05) is 50.9 Å². The summed E-state index contributed by atoms with van der Waals surface area (Å²) in [6.45, 7) is 4.25. The van der Waals surface area contributed by atoms with Crippen LogP contribution in [0.2, 0.25) is 0 Å². The normalized spacial score (nSPS) is 18.5. The van der Waals surface area contributed by atoms with E-state index in [1.165, 1.54) is 0 Å². The van der Waals surface area contributed by atoms with Crippen molar-refractivity contribution < 1.29 is 13.2 Å². The number of nitrogen functional groups attached to an aromatic ring is 1. The number of urea groups is 1. The summed E-state index contributed by atoms with van der Waals surface area (Å²) >= 11 is 0. The highest BCUT2D eigenvalue weighted by Gasteiger charge is 2.41. The molecule has 0 unspecified atom stereocenters. The van der Waals surface area contributed by atoms with Crippen molar-refractivity contribution >= 4 is 38.3 Å². The molecule has 0 atom stereocenters. The van der Waals surface area contributed by atoms with Crippen molar-refractivity contribution in [3.05, 3.63) is 24.4 Å². The van der Waals surface area contributed by atoms with Gasteiger partial charge in [-0.1, -0.05) is 0 Å². The van der Waals surface area contributed by atoms with Gasteiger partial charge in [0.2, 0.25) is 10.0 Å². The summed E-state index contributed by atoms with van der Waals surface area (Å²) in [7, 11) is -0.193. The smallest absolute Gasteiger partial charge is 0.319 e. The maximum absolute atomic E-state index is 13.0. The van der Waals surface area contributed by atoms with Gasteiger partial charge in [-0.25, -0.2) is 22.9 Å². The predicted molar refractivity (Wildman–Crippen MR) is 117 cm³/mol. The Morgan fingerprint density at radius 3 is 2.43 bits per heavy atom. The van der Waals surface area contributed by atoms with E-state index in [9.17, 15) is 13.2 Å². The molecule has 2 aliphatic rings. The second-order valence-electron chi connectivity index (χ2n) is 8.59. The number of carbonyl (C=O) groups excluding carboxylic acids is 1. The van der Waals surface area contributed by atoms with Gasteiger partial charge in [-0.2, -0.15) is 0 Å². The van der Waals surface area contributed by atoms with Gasteiger partial charge in [-0.3, -0.25) is 0 Å². The van der Waals surface area contributed by atoms with E-state index in [1.54, 1.807) is 48.3 Å². The molecular weight excluding hydrogens is 404 g/mol. The molecule has 0 bridgehead atoms. The molecule has 3 N–H and O–H groups in total. The highest BCUT2D eigenvalue weighted by atomic mass is 32.2. The lowest BCUT2D eigenvalue weighted by Gasteiger charge is -2.37. The van der Waals surface area contributed by atoms with E-state index in [0.29, 0.717) is 32.0 Å². The monoisotopic (exact) mass is 432 g/mol. The number of sulfonamides is 1. The minimum Gasteiger partial charge on any atom is -0.384 e. The second-order valence-corrected chi connectivity index (χ2v) is 10.3. The Bertz CT molecular complexity index is 1090. The number of hydrogen-bond acceptors (Lipinski definition) is 6. The minimum absolute atomic E-state index is 0.0212. The summed E-state index contributed by atoms with van der Waals surface area (Å²) in [5, 5.41) is 1.57. The molecule has 1 aliphatic heterocycles. The van der Waals surface area contributed by atoms with Gasteiger partial charge in [-0.15, -0.1) is 0 Å². The SMILES string of the molecule is CN(C)C(=O)N1CCN(c2cc(S(=O)(=O)NC3(C)CC3)cc3cc(N)ncc23)CC1. The number of fused-ring (bicyclic) bond motifs is 1. The van der Waals surface area contributed by atoms with E-state index in [2.05, 4.69) is 14.6 Å². The van der Waals surface area contributed by atoms with Gasteiger partial charge in [0, 0.05) is 63.1 Å². The number of nitrogens with zero attached hydrogens (tertiary/aromatic N) is 4. The van der Waals surface area contributed by atoms with Crippen LogP contribution in [-0.4, -0.2) is 75.0 Å². The fraction of sp³-hybridized carbons (Fsp3) is 0.500. The molecule has 0 radical (unpaired) electrons. The zero-order chi connectivity index (χ0) is 21.7. The van der Waals surface area contributed by atoms with Crippen molar-refractivity contribution in [1.29, 1.82) is 0 Å². The zero-order valence-corrected chi connectivity index (χ0v) is 18.4. The average molecular weight is 433 g/mol. The summed E-state index contributed by atoms with van der Waals surface area (Å²) in [6.07, 6.45) is 3.36.